The topological polar surface area (TPSA) is 67.8 Å². The SMILES string of the molecule is COc1ccc(NN/N=C/c2cccnc2)cc1OC. The molecular weight excluding hydrogens is 256 g/mol. The highest BCUT2D eigenvalue weighted by molar-refractivity contribution is 5.78. The molecule has 0 aliphatic heterocycles. The van der Waals surface area contributed by atoms with Crippen molar-refractivity contribution in [2.45, 2.75) is 0 Å². The van der Waals surface area contributed by atoms with E-state index in [1.54, 1.807) is 32.8 Å². The lowest BCUT2D eigenvalue weighted by molar-refractivity contribution is 0.355. The number of pyridine rings is 1. The van der Waals surface area contributed by atoms with Gasteiger partial charge < -0.3 is 9.47 Å². The first kappa shape index (κ1) is 13.7. The van der Waals surface area contributed by atoms with Gasteiger partial charge in [0, 0.05) is 24.0 Å². The summed E-state index contributed by atoms with van der Waals surface area (Å²) < 4.78 is 10.4. The lowest BCUT2D eigenvalue weighted by Crippen LogP contribution is -2.14. The Hall–Kier alpha value is -2.76. The highest BCUT2D eigenvalue weighted by Gasteiger charge is 2.03. The monoisotopic (exact) mass is 272 g/mol. The van der Waals surface area contributed by atoms with Crippen LogP contribution >= 0.6 is 0 Å². The van der Waals surface area contributed by atoms with Crippen LogP contribution in [0, 0.1) is 0 Å². The van der Waals surface area contributed by atoms with Crippen LogP contribution in [0.4, 0.5) is 5.69 Å². The van der Waals surface area contributed by atoms with Crippen LogP contribution in [0.25, 0.3) is 0 Å². The van der Waals surface area contributed by atoms with E-state index >= 15 is 0 Å². The lowest BCUT2D eigenvalue weighted by atomic mass is 10.3. The minimum atomic E-state index is 0.649. The highest BCUT2D eigenvalue weighted by atomic mass is 16.5. The zero-order chi connectivity index (χ0) is 14.2. The summed E-state index contributed by atoms with van der Waals surface area (Å²) in [7, 11) is 3.19. The van der Waals surface area contributed by atoms with E-state index < -0.39 is 0 Å². The minimum absolute atomic E-state index is 0.649. The predicted molar refractivity (Wildman–Crippen MR) is 78.1 cm³/mol. The average molecular weight is 272 g/mol. The minimum Gasteiger partial charge on any atom is -0.493 e. The van der Waals surface area contributed by atoms with E-state index in [0.29, 0.717) is 11.5 Å². The third-order valence-electron chi connectivity index (χ3n) is 2.55. The number of hydrazine groups is 1. The van der Waals surface area contributed by atoms with Crippen LogP contribution in [0.5, 0.6) is 11.5 Å². The molecule has 0 spiro atoms. The Morgan fingerprint density at radius 3 is 2.70 bits per heavy atom. The van der Waals surface area contributed by atoms with E-state index in [9.17, 15) is 0 Å². The summed E-state index contributed by atoms with van der Waals surface area (Å²) in [5.41, 5.74) is 7.39. The summed E-state index contributed by atoms with van der Waals surface area (Å²) in [4.78, 5) is 3.99. The molecule has 0 unspecified atom stereocenters. The van der Waals surface area contributed by atoms with Gasteiger partial charge >= 0.3 is 0 Å². The molecule has 0 fully saturated rings. The Morgan fingerprint density at radius 2 is 2.00 bits per heavy atom. The first-order valence-electron chi connectivity index (χ1n) is 5.99. The summed E-state index contributed by atoms with van der Waals surface area (Å²) in [6, 6.07) is 9.24. The maximum atomic E-state index is 5.21. The number of nitrogens with zero attached hydrogens (tertiary/aromatic N) is 2. The third kappa shape index (κ3) is 3.61. The standard InChI is InChI=1S/C14H16N4O2/c1-19-13-6-5-12(8-14(13)20-2)17-18-16-10-11-4-3-7-15-9-11/h3-10,17-18H,1-2H3/b16-10+. The molecule has 104 valence electrons. The normalized spacial score (nSPS) is 10.3. The van der Waals surface area contributed by atoms with Crippen LogP contribution in [-0.2, 0) is 0 Å². The molecule has 6 nitrogen and oxygen atoms in total. The second-order valence-corrected chi connectivity index (χ2v) is 3.85. The molecule has 6 heteroatoms. The quantitative estimate of drug-likeness (QED) is 0.622. The first-order chi connectivity index (χ1) is 9.83. The van der Waals surface area contributed by atoms with Gasteiger partial charge in [-0.15, -0.1) is 0 Å². The molecule has 0 aliphatic carbocycles. The third-order valence-corrected chi connectivity index (χ3v) is 2.55. The molecule has 0 bridgehead atoms. The van der Waals surface area contributed by atoms with Gasteiger partial charge in [-0.3, -0.25) is 10.4 Å². The first-order valence-corrected chi connectivity index (χ1v) is 5.99. The van der Waals surface area contributed by atoms with E-state index in [4.69, 9.17) is 9.47 Å². The Balaban J connectivity index is 1.93. The van der Waals surface area contributed by atoms with Crippen LogP contribution < -0.4 is 20.4 Å². The molecule has 1 aromatic carbocycles. The van der Waals surface area contributed by atoms with Crippen molar-refractivity contribution in [2.75, 3.05) is 19.6 Å². The van der Waals surface area contributed by atoms with Gasteiger partial charge in [0.1, 0.15) is 0 Å². The number of benzene rings is 1. The van der Waals surface area contributed by atoms with Crippen molar-refractivity contribution >= 4 is 11.9 Å². The molecule has 2 rings (SSSR count). The zero-order valence-corrected chi connectivity index (χ0v) is 11.3. The Labute approximate surface area is 117 Å². The van der Waals surface area contributed by atoms with Crippen molar-refractivity contribution in [2.24, 2.45) is 5.10 Å². The van der Waals surface area contributed by atoms with Crippen molar-refractivity contribution in [3.05, 3.63) is 48.3 Å². The molecule has 1 heterocycles. The van der Waals surface area contributed by atoms with Crippen LogP contribution in [0.1, 0.15) is 5.56 Å². The lowest BCUT2D eigenvalue weighted by Gasteiger charge is -2.10. The Bertz CT molecular complexity index is 573. The molecule has 0 saturated heterocycles. The number of hydrogen-bond acceptors (Lipinski definition) is 6. The number of anilines is 1. The van der Waals surface area contributed by atoms with Crippen LogP contribution in [0.2, 0.25) is 0 Å². The van der Waals surface area contributed by atoms with E-state index in [-0.39, 0.29) is 0 Å². The molecule has 20 heavy (non-hydrogen) atoms. The summed E-state index contributed by atoms with van der Waals surface area (Å²) in [6.45, 7) is 0. The Morgan fingerprint density at radius 1 is 1.15 bits per heavy atom. The van der Waals surface area contributed by atoms with Gasteiger partial charge in [-0.1, -0.05) is 6.07 Å². The highest BCUT2D eigenvalue weighted by Crippen LogP contribution is 2.29. The van der Waals surface area contributed by atoms with Gasteiger partial charge in [0.15, 0.2) is 11.5 Å². The van der Waals surface area contributed by atoms with E-state index in [1.807, 2.05) is 30.3 Å². The number of rotatable bonds is 6. The second kappa shape index (κ2) is 6.98. The number of ether oxygens (including phenoxy) is 2. The summed E-state index contributed by atoms with van der Waals surface area (Å²) >= 11 is 0. The van der Waals surface area contributed by atoms with E-state index in [2.05, 4.69) is 21.0 Å². The molecule has 1 aromatic heterocycles. The van der Waals surface area contributed by atoms with Gasteiger partial charge in [-0.25, -0.2) is 5.53 Å². The molecule has 2 aromatic rings. The average Bonchev–Trinajstić information content (AvgIpc) is 2.52. The summed E-state index contributed by atoms with van der Waals surface area (Å²) in [6.07, 6.45) is 5.11. The zero-order valence-electron chi connectivity index (χ0n) is 11.3. The van der Waals surface area contributed by atoms with Crippen molar-refractivity contribution in [1.82, 2.24) is 10.5 Å². The number of hydrazone groups is 1. The molecule has 0 amide bonds. The predicted octanol–water partition coefficient (Wildman–Crippen LogP) is 2.05. The van der Waals surface area contributed by atoms with Gasteiger partial charge in [0.2, 0.25) is 0 Å². The molecule has 0 aliphatic rings. The van der Waals surface area contributed by atoms with Crippen molar-refractivity contribution in [3.8, 4) is 11.5 Å². The van der Waals surface area contributed by atoms with Gasteiger partial charge in [0.25, 0.3) is 0 Å². The molecule has 0 saturated carbocycles. The van der Waals surface area contributed by atoms with Crippen LogP contribution in [-0.4, -0.2) is 25.4 Å². The Kier molecular flexibility index (Phi) is 4.77. The molecule has 0 radical (unpaired) electrons. The maximum absolute atomic E-state index is 5.21. The van der Waals surface area contributed by atoms with Gasteiger partial charge in [0.05, 0.1) is 26.1 Å². The number of hydrogen-bond donors (Lipinski definition) is 2. The summed E-state index contributed by atoms with van der Waals surface area (Å²) in [5.74, 6) is 1.33. The van der Waals surface area contributed by atoms with Gasteiger partial charge in [-0.05, 0) is 18.2 Å². The van der Waals surface area contributed by atoms with Crippen LogP contribution in [0.3, 0.4) is 0 Å². The van der Waals surface area contributed by atoms with Crippen molar-refractivity contribution < 1.29 is 9.47 Å². The van der Waals surface area contributed by atoms with Crippen molar-refractivity contribution in [1.29, 1.82) is 0 Å². The van der Waals surface area contributed by atoms with Gasteiger partial charge in [-0.2, -0.15) is 5.10 Å². The van der Waals surface area contributed by atoms with Crippen LogP contribution in [0.15, 0.2) is 47.8 Å². The smallest absolute Gasteiger partial charge is 0.162 e. The fraction of sp³-hybridized carbons (Fsp3) is 0.143. The fourth-order valence-electron chi connectivity index (χ4n) is 1.57. The molecular formula is C14H16N4O2. The molecule has 2 N–H and O–H groups in total. The second-order valence-electron chi connectivity index (χ2n) is 3.85. The largest absolute Gasteiger partial charge is 0.493 e. The van der Waals surface area contributed by atoms with Crippen molar-refractivity contribution in [3.63, 3.8) is 0 Å². The number of nitrogens with one attached hydrogen (secondary N) is 2. The number of methoxy groups -OCH3 is 2. The maximum Gasteiger partial charge on any atom is 0.162 e. The van der Waals surface area contributed by atoms with E-state index in [1.165, 1.54) is 0 Å². The summed E-state index contributed by atoms with van der Waals surface area (Å²) in [5, 5.41) is 4.04. The van der Waals surface area contributed by atoms with E-state index in [0.717, 1.165) is 11.3 Å². The molecule has 0 atom stereocenters. The fourth-order valence-corrected chi connectivity index (χ4v) is 1.57. The number of aromatic nitrogens is 1.